The summed E-state index contributed by atoms with van der Waals surface area (Å²) < 4.78 is 26.8. The van der Waals surface area contributed by atoms with E-state index in [9.17, 15) is 18.3 Å². The Hall–Kier alpha value is -2.36. The first-order valence-corrected chi connectivity index (χ1v) is 9.69. The number of anilines is 1. The highest BCUT2D eigenvalue weighted by molar-refractivity contribution is 7.89. The summed E-state index contributed by atoms with van der Waals surface area (Å²) in [4.78, 5) is 20.5. The molecule has 0 unspecified atom stereocenters. The van der Waals surface area contributed by atoms with Crippen LogP contribution in [0.1, 0.15) is 29.0 Å². The molecule has 1 saturated heterocycles. The van der Waals surface area contributed by atoms with Crippen LogP contribution < -0.4 is 5.32 Å². The van der Waals surface area contributed by atoms with Crippen molar-refractivity contribution in [3.8, 4) is 0 Å². The van der Waals surface area contributed by atoms with Crippen molar-refractivity contribution in [3.63, 3.8) is 0 Å². The van der Waals surface area contributed by atoms with Crippen molar-refractivity contribution in [2.45, 2.75) is 30.8 Å². The van der Waals surface area contributed by atoms with Crippen molar-refractivity contribution in [3.05, 3.63) is 47.9 Å². The molecule has 2 aromatic rings. The lowest BCUT2D eigenvalue weighted by atomic mass is 10.1. The zero-order chi connectivity index (χ0) is 18.7. The van der Waals surface area contributed by atoms with E-state index in [1.807, 2.05) is 0 Å². The largest absolute Gasteiger partial charge is 0.392 e. The molecule has 1 aliphatic heterocycles. The van der Waals surface area contributed by atoms with Gasteiger partial charge in [-0.05, 0) is 44.0 Å². The highest BCUT2D eigenvalue weighted by Crippen LogP contribution is 2.22. The SMILES string of the molecule is Cc1nccc(NC(=O)c2cccc(S(=O)(=O)N3CCC[C@@H](O)C3)c2)n1. The summed E-state index contributed by atoms with van der Waals surface area (Å²) in [5.41, 5.74) is 0.208. The zero-order valence-electron chi connectivity index (χ0n) is 14.3. The lowest BCUT2D eigenvalue weighted by Gasteiger charge is -2.29. The summed E-state index contributed by atoms with van der Waals surface area (Å²) in [6.07, 6.45) is 2.06. The molecule has 138 valence electrons. The van der Waals surface area contributed by atoms with Gasteiger partial charge in [-0.2, -0.15) is 4.31 Å². The number of hydrogen-bond acceptors (Lipinski definition) is 6. The first kappa shape index (κ1) is 18.4. The summed E-state index contributed by atoms with van der Waals surface area (Å²) in [7, 11) is -3.76. The first-order chi connectivity index (χ1) is 12.4. The number of hydrogen-bond donors (Lipinski definition) is 2. The van der Waals surface area contributed by atoms with Gasteiger partial charge in [-0.25, -0.2) is 18.4 Å². The second kappa shape index (κ2) is 7.48. The Morgan fingerprint density at radius 1 is 1.35 bits per heavy atom. The lowest BCUT2D eigenvalue weighted by Crippen LogP contribution is -2.42. The van der Waals surface area contributed by atoms with Crippen LogP contribution in [0.4, 0.5) is 5.82 Å². The Balaban J connectivity index is 1.82. The Labute approximate surface area is 152 Å². The minimum Gasteiger partial charge on any atom is -0.392 e. The fourth-order valence-electron chi connectivity index (χ4n) is 2.80. The average Bonchev–Trinajstić information content (AvgIpc) is 2.62. The molecule has 8 nitrogen and oxygen atoms in total. The van der Waals surface area contributed by atoms with E-state index in [4.69, 9.17) is 0 Å². The molecule has 0 spiro atoms. The molecule has 0 radical (unpaired) electrons. The highest BCUT2D eigenvalue weighted by Gasteiger charge is 2.29. The molecular formula is C17H20N4O4S. The summed E-state index contributed by atoms with van der Waals surface area (Å²) >= 11 is 0. The van der Waals surface area contributed by atoms with Gasteiger partial charge < -0.3 is 10.4 Å². The van der Waals surface area contributed by atoms with Crippen LogP contribution in [-0.2, 0) is 10.0 Å². The third-order valence-corrected chi connectivity index (χ3v) is 5.97. The number of aromatic nitrogens is 2. The number of nitrogens with one attached hydrogen (secondary N) is 1. The molecule has 2 heterocycles. The first-order valence-electron chi connectivity index (χ1n) is 8.25. The van der Waals surface area contributed by atoms with E-state index in [0.29, 0.717) is 31.0 Å². The van der Waals surface area contributed by atoms with E-state index < -0.39 is 22.0 Å². The molecular weight excluding hydrogens is 356 g/mol. The lowest BCUT2D eigenvalue weighted by molar-refractivity contribution is 0.102. The van der Waals surface area contributed by atoms with Crippen LogP contribution in [0.5, 0.6) is 0 Å². The number of carbonyl (C=O) groups excluding carboxylic acids is 1. The molecule has 1 fully saturated rings. The van der Waals surface area contributed by atoms with Crippen LogP contribution in [0, 0.1) is 6.92 Å². The van der Waals surface area contributed by atoms with Crippen molar-refractivity contribution in [1.29, 1.82) is 0 Å². The summed E-state index contributed by atoms with van der Waals surface area (Å²) in [6, 6.07) is 7.39. The van der Waals surface area contributed by atoms with Gasteiger partial charge in [-0.1, -0.05) is 6.07 Å². The standard InChI is InChI=1S/C17H20N4O4S/c1-12-18-8-7-16(19-12)20-17(23)13-4-2-6-15(10-13)26(24,25)21-9-3-5-14(22)11-21/h2,4,6-8,10,14,22H,3,5,9,11H2,1H3,(H,18,19,20,23)/t14-/m1/s1. The highest BCUT2D eigenvalue weighted by atomic mass is 32.2. The molecule has 26 heavy (non-hydrogen) atoms. The number of benzene rings is 1. The number of aliphatic hydroxyl groups is 1. The second-order valence-corrected chi connectivity index (χ2v) is 8.07. The predicted octanol–water partition coefficient (Wildman–Crippen LogP) is 1.18. The van der Waals surface area contributed by atoms with Gasteiger partial charge in [0.2, 0.25) is 10.0 Å². The van der Waals surface area contributed by atoms with Crippen molar-refractivity contribution >= 4 is 21.7 Å². The quantitative estimate of drug-likeness (QED) is 0.829. The smallest absolute Gasteiger partial charge is 0.256 e. The third-order valence-electron chi connectivity index (χ3n) is 4.11. The third kappa shape index (κ3) is 4.06. The molecule has 1 aromatic heterocycles. The van der Waals surface area contributed by atoms with Gasteiger partial charge in [-0.3, -0.25) is 4.79 Å². The maximum Gasteiger partial charge on any atom is 0.256 e. The molecule has 0 bridgehead atoms. The van der Waals surface area contributed by atoms with Crippen molar-refractivity contribution in [2.24, 2.45) is 0 Å². The van der Waals surface area contributed by atoms with Crippen LogP contribution in [-0.4, -0.2) is 52.9 Å². The maximum absolute atomic E-state index is 12.8. The molecule has 1 aliphatic rings. The minimum absolute atomic E-state index is 0.0260. The predicted molar refractivity (Wildman–Crippen MR) is 95.2 cm³/mol. The van der Waals surface area contributed by atoms with E-state index in [2.05, 4.69) is 15.3 Å². The van der Waals surface area contributed by atoms with E-state index in [1.54, 1.807) is 13.0 Å². The number of sulfonamides is 1. The summed E-state index contributed by atoms with van der Waals surface area (Å²) in [5.74, 6) is 0.400. The van der Waals surface area contributed by atoms with Gasteiger partial charge in [-0.15, -0.1) is 0 Å². The van der Waals surface area contributed by atoms with Crippen LogP contribution in [0.3, 0.4) is 0 Å². The summed E-state index contributed by atoms with van der Waals surface area (Å²) in [5, 5.41) is 12.4. The van der Waals surface area contributed by atoms with E-state index in [1.165, 1.54) is 34.8 Å². The van der Waals surface area contributed by atoms with Gasteiger partial charge in [0.1, 0.15) is 11.6 Å². The van der Waals surface area contributed by atoms with Gasteiger partial charge in [0, 0.05) is 24.8 Å². The molecule has 1 aromatic carbocycles. The topological polar surface area (TPSA) is 112 Å². The van der Waals surface area contributed by atoms with Crippen molar-refractivity contribution < 1.29 is 18.3 Å². The molecule has 0 aliphatic carbocycles. The summed E-state index contributed by atoms with van der Waals surface area (Å²) in [6.45, 7) is 2.13. The van der Waals surface area contributed by atoms with E-state index in [-0.39, 0.29) is 17.0 Å². The average molecular weight is 376 g/mol. The molecule has 1 amide bonds. The van der Waals surface area contributed by atoms with Crippen molar-refractivity contribution in [2.75, 3.05) is 18.4 Å². The Kier molecular flexibility index (Phi) is 5.30. The fraction of sp³-hybridized carbons (Fsp3) is 0.353. The number of rotatable bonds is 4. The van der Waals surface area contributed by atoms with E-state index >= 15 is 0 Å². The molecule has 9 heteroatoms. The number of piperidine rings is 1. The Bertz CT molecular complexity index is 916. The zero-order valence-corrected chi connectivity index (χ0v) is 15.1. The number of carbonyl (C=O) groups is 1. The Morgan fingerprint density at radius 2 is 2.15 bits per heavy atom. The van der Waals surface area contributed by atoms with Crippen LogP contribution in [0.25, 0.3) is 0 Å². The molecule has 0 saturated carbocycles. The number of nitrogens with zero attached hydrogens (tertiary/aromatic N) is 3. The molecule has 1 atom stereocenters. The van der Waals surface area contributed by atoms with Gasteiger partial charge in [0.15, 0.2) is 0 Å². The monoisotopic (exact) mass is 376 g/mol. The van der Waals surface area contributed by atoms with Crippen molar-refractivity contribution in [1.82, 2.24) is 14.3 Å². The van der Waals surface area contributed by atoms with Crippen LogP contribution >= 0.6 is 0 Å². The van der Waals surface area contributed by atoms with Gasteiger partial charge in [0.25, 0.3) is 5.91 Å². The van der Waals surface area contributed by atoms with Gasteiger partial charge in [0.05, 0.1) is 11.0 Å². The number of aliphatic hydroxyl groups excluding tert-OH is 1. The fourth-order valence-corrected chi connectivity index (χ4v) is 4.36. The van der Waals surface area contributed by atoms with E-state index in [0.717, 1.165) is 0 Å². The maximum atomic E-state index is 12.8. The molecule has 3 rings (SSSR count). The number of aryl methyl sites for hydroxylation is 1. The Morgan fingerprint density at radius 3 is 2.88 bits per heavy atom. The second-order valence-electron chi connectivity index (χ2n) is 6.13. The number of amides is 1. The van der Waals surface area contributed by atoms with Crippen LogP contribution in [0.15, 0.2) is 41.4 Å². The normalized spacial score (nSPS) is 18.5. The minimum atomic E-state index is -3.76. The van der Waals surface area contributed by atoms with Gasteiger partial charge >= 0.3 is 0 Å². The van der Waals surface area contributed by atoms with Crippen LogP contribution in [0.2, 0.25) is 0 Å². The number of β-amino-alcohol motifs (C(OH)–C–C–N with tert-alkyl or cyclic N) is 1. The molecule has 2 N–H and O–H groups in total.